The topological polar surface area (TPSA) is 54.4 Å². The third-order valence-corrected chi connectivity index (χ3v) is 1.38. The molecule has 0 atom stereocenters. The van der Waals surface area contributed by atoms with Crippen LogP contribution in [0.2, 0.25) is 0 Å². The van der Waals surface area contributed by atoms with Gasteiger partial charge in [-0.1, -0.05) is 6.92 Å². The fourth-order valence-corrected chi connectivity index (χ4v) is 0.763. The number of hydrogen-bond donors (Lipinski definition) is 1. The van der Waals surface area contributed by atoms with Crippen LogP contribution in [0.1, 0.15) is 23.7 Å². The van der Waals surface area contributed by atoms with Gasteiger partial charge < -0.3 is 0 Å². The molecule has 1 aromatic rings. The molecule has 0 saturated heterocycles. The minimum Gasteiger partial charge on any atom is -0.267 e. The smallest absolute Gasteiger partial charge is 0.267 e. The van der Waals surface area contributed by atoms with Gasteiger partial charge in [0.1, 0.15) is 0 Å². The van der Waals surface area contributed by atoms with Crippen LogP contribution in [0.3, 0.4) is 0 Å². The lowest BCUT2D eigenvalue weighted by atomic mass is 10.3. The van der Waals surface area contributed by atoms with Gasteiger partial charge in [0.05, 0.1) is 0 Å². The quantitative estimate of drug-likeness (QED) is 0.557. The van der Waals surface area contributed by atoms with E-state index in [1.807, 2.05) is 6.92 Å². The van der Waals surface area contributed by atoms with Crippen molar-refractivity contribution in [1.82, 2.24) is 10.4 Å². The van der Waals surface area contributed by atoms with Crippen molar-refractivity contribution < 1.29 is 4.79 Å². The summed E-state index contributed by atoms with van der Waals surface area (Å²) in [5, 5.41) is 3.72. The zero-order chi connectivity index (χ0) is 9.52. The summed E-state index contributed by atoms with van der Waals surface area (Å²) in [5.41, 5.74) is 2.96. The first kappa shape index (κ1) is 9.38. The summed E-state index contributed by atoms with van der Waals surface area (Å²) >= 11 is 0. The second-order valence-corrected chi connectivity index (χ2v) is 2.40. The molecule has 13 heavy (non-hydrogen) atoms. The highest BCUT2D eigenvalue weighted by Gasteiger charge is 2.00. The monoisotopic (exact) mass is 177 g/mol. The Labute approximate surface area is 76.7 Å². The van der Waals surface area contributed by atoms with E-state index in [0.29, 0.717) is 5.56 Å². The van der Waals surface area contributed by atoms with Crippen LogP contribution in [0.15, 0.2) is 29.6 Å². The standard InChI is InChI=1S/C9H11N3O/c1-2-5-11-12-9(13)8-3-6-10-7-4-8/h3-7H,2H2,1H3,(H,12,13)/b11-5-. The van der Waals surface area contributed by atoms with Crippen molar-refractivity contribution in [3.05, 3.63) is 30.1 Å². The van der Waals surface area contributed by atoms with Crippen LogP contribution in [0.4, 0.5) is 0 Å². The molecule has 68 valence electrons. The number of pyridine rings is 1. The summed E-state index contributed by atoms with van der Waals surface area (Å²) in [6.45, 7) is 1.95. The van der Waals surface area contributed by atoms with E-state index in [4.69, 9.17) is 0 Å². The van der Waals surface area contributed by atoms with Gasteiger partial charge in [-0.05, 0) is 18.6 Å². The van der Waals surface area contributed by atoms with Crippen LogP contribution in [-0.4, -0.2) is 17.1 Å². The van der Waals surface area contributed by atoms with Gasteiger partial charge >= 0.3 is 0 Å². The van der Waals surface area contributed by atoms with Crippen LogP contribution in [-0.2, 0) is 0 Å². The highest BCUT2D eigenvalue weighted by molar-refractivity contribution is 5.94. The van der Waals surface area contributed by atoms with Crippen molar-refractivity contribution in [2.24, 2.45) is 5.10 Å². The molecule has 0 aliphatic rings. The van der Waals surface area contributed by atoms with Crippen LogP contribution in [0.5, 0.6) is 0 Å². The summed E-state index contributed by atoms with van der Waals surface area (Å²) < 4.78 is 0. The molecule has 1 N–H and O–H groups in total. The second kappa shape index (κ2) is 5.03. The molecule has 1 amide bonds. The minimum atomic E-state index is -0.216. The van der Waals surface area contributed by atoms with Crippen LogP contribution in [0.25, 0.3) is 0 Å². The lowest BCUT2D eigenvalue weighted by Gasteiger charge is -1.97. The Bertz CT molecular complexity index is 295. The Hall–Kier alpha value is -1.71. The summed E-state index contributed by atoms with van der Waals surface area (Å²) in [6, 6.07) is 3.27. The first-order chi connectivity index (χ1) is 6.34. The zero-order valence-electron chi connectivity index (χ0n) is 7.40. The molecule has 4 heteroatoms. The van der Waals surface area contributed by atoms with Gasteiger partial charge in [-0.2, -0.15) is 5.10 Å². The average Bonchev–Trinajstić information content (AvgIpc) is 2.19. The van der Waals surface area contributed by atoms with Gasteiger partial charge in [-0.15, -0.1) is 0 Å². The summed E-state index contributed by atoms with van der Waals surface area (Å²) in [7, 11) is 0. The number of aromatic nitrogens is 1. The van der Waals surface area contributed by atoms with E-state index in [9.17, 15) is 4.79 Å². The number of hydrazone groups is 1. The molecule has 1 rings (SSSR count). The molecule has 1 heterocycles. The van der Waals surface area contributed by atoms with Gasteiger partial charge in [-0.3, -0.25) is 9.78 Å². The number of hydrogen-bond acceptors (Lipinski definition) is 3. The van der Waals surface area contributed by atoms with Crippen molar-refractivity contribution >= 4 is 12.1 Å². The molecule has 0 aliphatic heterocycles. The lowest BCUT2D eigenvalue weighted by Crippen LogP contribution is -2.17. The van der Waals surface area contributed by atoms with E-state index in [1.54, 1.807) is 30.7 Å². The number of nitrogens with one attached hydrogen (secondary N) is 1. The SMILES string of the molecule is CC/C=N\NC(=O)c1ccncc1. The molecule has 0 aromatic carbocycles. The first-order valence-corrected chi connectivity index (χ1v) is 4.06. The maximum atomic E-state index is 11.3. The van der Waals surface area contributed by atoms with Gasteiger partial charge in [-0.25, -0.2) is 5.43 Å². The molecular formula is C9H11N3O. The summed E-state index contributed by atoms with van der Waals surface area (Å²) in [6.07, 6.45) is 5.58. The molecule has 4 nitrogen and oxygen atoms in total. The fraction of sp³-hybridized carbons (Fsp3) is 0.222. The van der Waals surface area contributed by atoms with Gasteiger partial charge in [0.2, 0.25) is 0 Å². The van der Waals surface area contributed by atoms with Crippen LogP contribution < -0.4 is 5.43 Å². The number of rotatable bonds is 3. The summed E-state index contributed by atoms with van der Waals surface area (Å²) in [5.74, 6) is -0.216. The van der Waals surface area contributed by atoms with Crippen LogP contribution >= 0.6 is 0 Å². The molecule has 0 aliphatic carbocycles. The Kier molecular flexibility index (Phi) is 3.63. The molecule has 0 fully saturated rings. The molecule has 0 unspecified atom stereocenters. The van der Waals surface area contributed by atoms with Crippen molar-refractivity contribution in [1.29, 1.82) is 0 Å². The third-order valence-electron chi connectivity index (χ3n) is 1.38. The number of nitrogens with zero attached hydrogens (tertiary/aromatic N) is 2. The Morgan fingerprint density at radius 3 is 2.92 bits per heavy atom. The van der Waals surface area contributed by atoms with Gasteiger partial charge in [0, 0.05) is 24.2 Å². The Morgan fingerprint density at radius 1 is 1.62 bits per heavy atom. The molecule has 0 radical (unpaired) electrons. The van der Waals surface area contributed by atoms with Crippen molar-refractivity contribution in [2.75, 3.05) is 0 Å². The highest BCUT2D eigenvalue weighted by Crippen LogP contribution is 1.94. The summed E-state index contributed by atoms with van der Waals surface area (Å²) in [4.78, 5) is 15.1. The molecule has 1 aromatic heterocycles. The van der Waals surface area contributed by atoms with Gasteiger partial charge in [0.25, 0.3) is 5.91 Å². The third kappa shape index (κ3) is 3.02. The molecular weight excluding hydrogens is 166 g/mol. The molecule has 0 saturated carbocycles. The Morgan fingerprint density at radius 2 is 2.31 bits per heavy atom. The number of carbonyl (C=O) groups is 1. The second-order valence-electron chi connectivity index (χ2n) is 2.40. The Balaban J connectivity index is 2.54. The molecule has 0 bridgehead atoms. The van der Waals surface area contributed by atoms with Crippen LogP contribution in [0, 0.1) is 0 Å². The zero-order valence-corrected chi connectivity index (χ0v) is 7.40. The van der Waals surface area contributed by atoms with E-state index < -0.39 is 0 Å². The van der Waals surface area contributed by atoms with Gasteiger partial charge in [0.15, 0.2) is 0 Å². The predicted octanol–water partition coefficient (Wildman–Crippen LogP) is 1.21. The van der Waals surface area contributed by atoms with E-state index in [0.717, 1.165) is 6.42 Å². The minimum absolute atomic E-state index is 0.216. The largest absolute Gasteiger partial charge is 0.271 e. The maximum Gasteiger partial charge on any atom is 0.271 e. The van der Waals surface area contributed by atoms with Crippen molar-refractivity contribution in [3.63, 3.8) is 0 Å². The van der Waals surface area contributed by atoms with E-state index in [2.05, 4.69) is 15.5 Å². The lowest BCUT2D eigenvalue weighted by molar-refractivity contribution is 0.0955. The average molecular weight is 177 g/mol. The van der Waals surface area contributed by atoms with Crippen molar-refractivity contribution in [3.8, 4) is 0 Å². The van der Waals surface area contributed by atoms with E-state index in [-0.39, 0.29) is 5.91 Å². The normalized spacial score (nSPS) is 10.2. The fourth-order valence-electron chi connectivity index (χ4n) is 0.763. The first-order valence-electron chi connectivity index (χ1n) is 4.06. The molecule has 0 spiro atoms. The predicted molar refractivity (Wildman–Crippen MR) is 50.5 cm³/mol. The number of amides is 1. The van der Waals surface area contributed by atoms with E-state index in [1.165, 1.54) is 0 Å². The maximum absolute atomic E-state index is 11.3. The van der Waals surface area contributed by atoms with Crippen molar-refractivity contribution in [2.45, 2.75) is 13.3 Å². The highest BCUT2D eigenvalue weighted by atomic mass is 16.2. The van der Waals surface area contributed by atoms with E-state index >= 15 is 0 Å². The number of carbonyl (C=O) groups excluding carboxylic acids is 1.